The highest BCUT2D eigenvalue weighted by Crippen LogP contribution is 2.33. The fourth-order valence-corrected chi connectivity index (χ4v) is 2.45. The lowest BCUT2D eigenvalue weighted by Crippen LogP contribution is -2.10. The number of hydrogen-bond acceptors (Lipinski definition) is 5. The molecule has 0 aliphatic heterocycles. The van der Waals surface area contributed by atoms with Crippen molar-refractivity contribution in [1.29, 1.82) is 0 Å². The summed E-state index contributed by atoms with van der Waals surface area (Å²) in [6, 6.07) is 9.59. The van der Waals surface area contributed by atoms with Crippen molar-refractivity contribution in [2.24, 2.45) is 0 Å². The standard InChI is InChI=1S/C13H15BrN4O3/c14-12-11(18(20)21)13(17(16-12)7-4-8-19)15-9-10-5-2-1-3-6-10/h1-3,5-6,15,19H,4,7-9H2. The molecule has 2 N–H and O–H groups in total. The van der Waals surface area contributed by atoms with Crippen LogP contribution in [0, 0.1) is 10.1 Å². The molecule has 0 aliphatic rings. The normalized spacial score (nSPS) is 10.6. The predicted octanol–water partition coefficient (Wildman–Crippen LogP) is 2.55. The average molecular weight is 355 g/mol. The Morgan fingerprint density at radius 1 is 1.38 bits per heavy atom. The smallest absolute Gasteiger partial charge is 0.345 e. The lowest BCUT2D eigenvalue weighted by molar-refractivity contribution is -0.384. The molecule has 1 aromatic heterocycles. The summed E-state index contributed by atoms with van der Waals surface area (Å²) < 4.78 is 1.68. The largest absolute Gasteiger partial charge is 0.396 e. The van der Waals surface area contributed by atoms with Gasteiger partial charge >= 0.3 is 5.69 Å². The van der Waals surface area contributed by atoms with Gasteiger partial charge in [-0.1, -0.05) is 30.3 Å². The minimum absolute atomic E-state index is 0.00337. The summed E-state index contributed by atoms with van der Waals surface area (Å²) in [6.07, 6.45) is 0.477. The quantitative estimate of drug-likeness (QED) is 0.588. The summed E-state index contributed by atoms with van der Waals surface area (Å²) >= 11 is 3.11. The average Bonchev–Trinajstić information content (AvgIpc) is 2.80. The lowest BCUT2D eigenvalue weighted by Gasteiger charge is -2.08. The Labute approximate surface area is 129 Å². The van der Waals surface area contributed by atoms with Crippen LogP contribution in [-0.2, 0) is 13.1 Å². The second-order valence-corrected chi connectivity index (χ2v) is 5.14. The van der Waals surface area contributed by atoms with Crippen LogP contribution in [0.5, 0.6) is 0 Å². The van der Waals surface area contributed by atoms with Crippen LogP contribution in [0.3, 0.4) is 0 Å². The van der Waals surface area contributed by atoms with Crippen molar-refractivity contribution in [2.75, 3.05) is 11.9 Å². The van der Waals surface area contributed by atoms with Gasteiger partial charge < -0.3 is 10.4 Å². The number of halogens is 1. The van der Waals surface area contributed by atoms with Gasteiger partial charge in [0.05, 0.1) is 4.92 Å². The van der Waals surface area contributed by atoms with Gasteiger partial charge in [-0.3, -0.25) is 10.1 Å². The second kappa shape index (κ2) is 7.19. The molecule has 0 saturated heterocycles. The van der Waals surface area contributed by atoms with Crippen molar-refractivity contribution in [3.63, 3.8) is 0 Å². The van der Waals surface area contributed by atoms with E-state index < -0.39 is 4.92 Å². The van der Waals surface area contributed by atoms with Gasteiger partial charge in [-0.2, -0.15) is 5.10 Å². The van der Waals surface area contributed by atoms with Crippen LogP contribution in [-0.4, -0.2) is 26.4 Å². The van der Waals surface area contributed by atoms with Gasteiger partial charge in [-0.25, -0.2) is 4.68 Å². The van der Waals surface area contributed by atoms with Gasteiger partial charge in [-0.05, 0) is 27.9 Å². The minimum Gasteiger partial charge on any atom is -0.396 e. The maximum absolute atomic E-state index is 11.2. The molecule has 0 spiro atoms. The zero-order valence-electron chi connectivity index (χ0n) is 11.2. The predicted molar refractivity (Wildman–Crippen MR) is 82.1 cm³/mol. The summed E-state index contributed by atoms with van der Waals surface area (Å²) in [6.45, 7) is 0.863. The topological polar surface area (TPSA) is 93.2 Å². The molecule has 0 saturated carbocycles. The summed E-state index contributed by atoms with van der Waals surface area (Å²) in [4.78, 5) is 10.7. The Balaban J connectivity index is 2.24. The number of rotatable bonds is 7. The number of aliphatic hydroxyl groups is 1. The number of aliphatic hydroxyl groups excluding tert-OH is 1. The van der Waals surface area contributed by atoms with Crippen LogP contribution in [0.2, 0.25) is 0 Å². The van der Waals surface area contributed by atoms with Crippen molar-refractivity contribution >= 4 is 27.4 Å². The van der Waals surface area contributed by atoms with E-state index in [9.17, 15) is 10.1 Å². The Morgan fingerprint density at radius 3 is 2.71 bits per heavy atom. The maximum Gasteiger partial charge on any atom is 0.345 e. The SMILES string of the molecule is O=[N+]([O-])c1c(Br)nn(CCCO)c1NCc1ccccc1. The molecule has 112 valence electrons. The molecule has 0 fully saturated rings. The number of benzene rings is 1. The Bertz CT molecular complexity index is 615. The molecule has 1 aromatic carbocycles. The van der Waals surface area contributed by atoms with Crippen molar-refractivity contribution in [3.8, 4) is 0 Å². The molecule has 0 unspecified atom stereocenters. The lowest BCUT2D eigenvalue weighted by atomic mass is 10.2. The van der Waals surface area contributed by atoms with Gasteiger partial charge in [-0.15, -0.1) is 0 Å². The van der Waals surface area contributed by atoms with E-state index in [4.69, 9.17) is 5.11 Å². The Kier molecular flexibility index (Phi) is 5.29. The molecule has 7 nitrogen and oxygen atoms in total. The molecular weight excluding hydrogens is 340 g/mol. The molecule has 2 aromatic rings. The third-order valence-electron chi connectivity index (χ3n) is 2.90. The van der Waals surface area contributed by atoms with Crippen LogP contribution >= 0.6 is 15.9 Å². The van der Waals surface area contributed by atoms with Gasteiger partial charge in [0.15, 0.2) is 0 Å². The zero-order chi connectivity index (χ0) is 15.2. The van der Waals surface area contributed by atoms with E-state index in [1.807, 2.05) is 30.3 Å². The van der Waals surface area contributed by atoms with E-state index in [-0.39, 0.29) is 16.9 Å². The summed E-state index contributed by atoms with van der Waals surface area (Å²) in [7, 11) is 0. The van der Waals surface area contributed by atoms with Gasteiger partial charge in [0.25, 0.3) is 0 Å². The molecule has 8 heteroatoms. The van der Waals surface area contributed by atoms with E-state index >= 15 is 0 Å². The molecule has 0 atom stereocenters. The van der Waals surface area contributed by atoms with Crippen molar-refractivity contribution in [2.45, 2.75) is 19.5 Å². The maximum atomic E-state index is 11.2. The summed E-state index contributed by atoms with van der Waals surface area (Å²) in [5, 5.41) is 27.2. The summed E-state index contributed by atoms with van der Waals surface area (Å²) in [5.41, 5.74) is 0.918. The highest BCUT2D eigenvalue weighted by Gasteiger charge is 2.26. The summed E-state index contributed by atoms with van der Waals surface area (Å²) in [5.74, 6) is 0.337. The second-order valence-electron chi connectivity index (χ2n) is 4.38. The first-order chi connectivity index (χ1) is 10.1. The van der Waals surface area contributed by atoms with Crippen LogP contribution in [0.1, 0.15) is 12.0 Å². The molecule has 0 bridgehead atoms. The monoisotopic (exact) mass is 354 g/mol. The number of hydrogen-bond donors (Lipinski definition) is 2. The minimum atomic E-state index is -0.472. The molecule has 0 radical (unpaired) electrons. The highest BCUT2D eigenvalue weighted by atomic mass is 79.9. The highest BCUT2D eigenvalue weighted by molar-refractivity contribution is 9.10. The molecule has 0 aliphatic carbocycles. The van der Waals surface area contributed by atoms with E-state index in [1.165, 1.54) is 4.68 Å². The first-order valence-electron chi connectivity index (χ1n) is 6.43. The first kappa shape index (κ1) is 15.5. The van der Waals surface area contributed by atoms with Crippen LogP contribution in [0.4, 0.5) is 11.5 Å². The van der Waals surface area contributed by atoms with Crippen LogP contribution in [0.25, 0.3) is 0 Å². The third-order valence-corrected chi connectivity index (χ3v) is 3.43. The van der Waals surface area contributed by atoms with Gasteiger partial charge in [0.2, 0.25) is 10.4 Å². The Hall–Kier alpha value is -1.93. The van der Waals surface area contributed by atoms with Gasteiger partial charge in [0, 0.05) is 19.7 Å². The zero-order valence-corrected chi connectivity index (χ0v) is 12.8. The molecule has 1 heterocycles. The Morgan fingerprint density at radius 2 is 2.10 bits per heavy atom. The van der Waals surface area contributed by atoms with Crippen molar-refractivity contribution < 1.29 is 10.0 Å². The number of nitrogens with zero attached hydrogens (tertiary/aromatic N) is 3. The van der Waals surface area contributed by atoms with E-state index in [0.717, 1.165) is 5.56 Å². The van der Waals surface area contributed by atoms with E-state index in [0.29, 0.717) is 25.3 Å². The number of nitrogens with one attached hydrogen (secondary N) is 1. The van der Waals surface area contributed by atoms with E-state index in [1.54, 1.807) is 0 Å². The van der Waals surface area contributed by atoms with E-state index in [2.05, 4.69) is 26.3 Å². The van der Waals surface area contributed by atoms with Crippen molar-refractivity contribution in [3.05, 3.63) is 50.6 Å². The molecule has 21 heavy (non-hydrogen) atoms. The number of nitro groups is 1. The van der Waals surface area contributed by atoms with Gasteiger partial charge in [0.1, 0.15) is 0 Å². The third kappa shape index (κ3) is 3.79. The van der Waals surface area contributed by atoms with Crippen LogP contribution in [0.15, 0.2) is 34.9 Å². The molecular formula is C13H15BrN4O3. The fourth-order valence-electron chi connectivity index (χ4n) is 1.92. The number of aryl methyl sites for hydroxylation is 1. The van der Waals surface area contributed by atoms with Crippen LogP contribution < -0.4 is 5.32 Å². The number of anilines is 1. The first-order valence-corrected chi connectivity index (χ1v) is 7.22. The fraction of sp³-hybridized carbons (Fsp3) is 0.308. The molecule has 2 rings (SSSR count). The number of aromatic nitrogens is 2. The molecule has 0 amide bonds. The van der Waals surface area contributed by atoms with Crippen molar-refractivity contribution in [1.82, 2.24) is 9.78 Å².